The molecule has 0 radical (unpaired) electrons. The molecule has 1 fully saturated rings. The zero-order chi connectivity index (χ0) is 22.1. The van der Waals surface area contributed by atoms with Gasteiger partial charge >= 0.3 is 0 Å². The van der Waals surface area contributed by atoms with E-state index in [4.69, 9.17) is 16.0 Å². The van der Waals surface area contributed by atoms with Crippen LogP contribution in [0.5, 0.6) is 0 Å². The Morgan fingerprint density at radius 2 is 1.91 bits per heavy atom. The number of piperidine rings is 1. The second kappa shape index (κ2) is 8.86. The van der Waals surface area contributed by atoms with Crippen LogP contribution in [0.15, 0.2) is 63.3 Å². The van der Waals surface area contributed by atoms with Crippen LogP contribution in [0.25, 0.3) is 17.1 Å². The van der Waals surface area contributed by atoms with E-state index in [0.29, 0.717) is 34.7 Å². The fraction of sp³-hybridized carbons (Fsp3) is 0.286. The molecule has 3 aromatic heterocycles. The SMILES string of the molecule is O=S(=O)(c1cccc(-c2nnc(SCc3cn4cc(Cl)ccc4n3)o2)c1)N1CCCCC1. The molecule has 0 bridgehead atoms. The molecule has 0 atom stereocenters. The van der Waals surface area contributed by atoms with Crippen LogP contribution in [0.3, 0.4) is 0 Å². The summed E-state index contributed by atoms with van der Waals surface area (Å²) in [5, 5.41) is 9.22. The van der Waals surface area contributed by atoms with E-state index in [1.54, 1.807) is 40.8 Å². The van der Waals surface area contributed by atoms with Crippen molar-refractivity contribution < 1.29 is 12.8 Å². The zero-order valence-electron chi connectivity index (χ0n) is 17.0. The molecule has 0 amide bonds. The monoisotopic (exact) mass is 489 g/mol. The lowest BCUT2D eigenvalue weighted by molar-refractivity contribution is 0.346. The van der Waals surface area contributed by atoms with Crippen molar-refractivity contribution in [3.8, 4) is 11.5 Å². The molecule has 32 heavy (non-hydrogen) atoms. The van der Waals surface area contributed by atoms with Crippen molar-refractivity contribution >= 4 is 39.0 Å². The molecule has 1 aliphatic rings. The van der Waals surface area contributed by atoms with Crippen molar-refractivity contribution in [1.29, 1.82) is 0 Å². The topological polar surface area (TPSA) is 93.6 Å². The van der Waals surface area contributed by atoms with Crippen LogP contribution in [0.4, 0.5) is 0 Å². The average Bonchev–Trinajstić information content (AvgIpc) is 3.45. The third-order valence-electron chi connectivity index (χ3n) is 5.25. The fourth-order valence-corrected chi connectivity index (χ4v) is 6.03. The molecule has 4 heterocycles. The first-order valence-corrected chi connectivity index (χ1v) is 13.0. The van der Waals surface area contributed by atoms with Crippen molar-refractivity contribution in [1.82, 2.24) is 23.9 Å². The van der Waals surface area contributed by atoms with Gasteiger partial charge in [0.2, 0.25) is 15.9 Å². The number of benzene rings is 1. The van der Waals surface area contributed by atoms with Gasteiger partial charge in [0.1, 0.15) is 5.65 Å². The molecule has 0 unspecified atom stereocenters. The number of aromatic nitrogens is 4. The van der Waals surface area contributed by atoms with Gasteiger partial charge in [0.05, 0.1) is 15.6 Å². The number of pyridine rings is 1. The van der Waals surface area contributed by atoms with Crippen LogP contribution in [0.2, 0.25) is 5.02 Å². The van der Waals surface area contributed by atoms with Gasteiger partial charge in [-0.05, 0) is 43.2 Å². The Bertz CT molecular complexity index is 1360. The highest BCUT2D eigenvalue weighted by molar-refractivity contribution is 7.98. The summed E-state index contributed by atoms with van der Waals surface area (Å²) >= 11 is 7.38. The number of imidazole rings is 1. The number of sulfonamides is 1. The third kappa shape index (κ3) is 4.40. The highest BCUT2D eigenvalue weighted by atomic mass is 35.5. The highest BCUT2D eigenvalue weighted by Gasteiger charge is 2.26. The number of hydrogen-bond acceptors (Lipinski definition) is 7. The van der Waals surface area contributed by atoms with Gasteiger partial charge in [-0.3, -0.25) is 0 Å². The minimum absolute atomic E-state index is 0.243. The highest BCUT2D eigenvalue weighted by Crippen LogP contribution is 2.28. The Hall–Kier alpha value is -2.40. The Balaban J connectivity index is 1.31. The standard InChI is InChI=1S/C21H20ClN5O3S2/c22-16-7-8-19-23-17(13-26(19)12-16)14-31-21-25-24-20(30-21)15-5-4-6-18(11-15)32(28,29)27-9-2-1-3-10-27/h4-8,11-13H,1-3,9-10,14H2. The summed E-state index contributed by atoms with van der Waals surface area (Å²) in [6.07, 6.45) is 6.55. The number of rotatable bonds is 6. The first-order valence-electron chi connectivity index (χ1n) is 10.2. The van der Waals surface area contributed by atoms with Crippen LogP contribution in [0.1, 0.15) is 25.0 Å². The van der Waals surface area contributed by atoms with Gasteiger partial charge in [-0.25, -0.2) is 13.4 Å². The number of fused-ring (bicyclic) bond motifs is 1. The summed E-state index contributed by atoms with van der Waals surface area (Å²) in [7, 11) is -3.53. The van der Waals surface area contributed by atoms with Gasteiger partial charge in [0.25, 0.3) is 5.22 Å². The summed E-state index contributed by atoms with van der Waals surface area (Å²) in [5.74, 6) is 0.828. The summed E-state index contributed by atoms with van der Waals surface area (Å²) in [4.78, 5) is 4.78. The predicted octanol–water partition coefficient (Wildman–Crippen LogP) is 4.50. The second-order valence-corrected chi connectivity index (χ2v) is 10.8. The molecule has 1 saturated heterocycles. The van der Waals surface area contributed by atoms with E-state index in [-0.39, 0.29) is 10.8 Å². The van der Waals surface area contributed by atoms with Crippen molar-refractivity contribution in [3.05, 3.63) is 59.5 Å². The maximum Gasteiger partial charge on any atom is 0.277 e. The Morgan fingerprint density at radius 3 is 2.75 bits per heavy atom. The first-order chi connectivity index (χ1) is 15.5. The first kappa shape index (κ1) is 21.4. The van der Waals surface area contributed by atoms with E-state index >= 15 is 0 Å². The number of halogens is 1. The molecule has 1 aliphatic heterocycles. The van der Waals surface area contributed by atoms with E-state index < -0.39 is 10.0 Å². The Kier molecular flexibility index (Phi) is 5.93. The molecule has 0 aliphatic carbocycles. The van der Waals surface area contributed by atoms with Crippen LogP contribution in [-0.4, -0.2) is 45.4 Å². The van der Waals surface area contributed by atoms with Gasteiger partial charge < -0.3 is 8.82 Å². The molecule has 0 N–H and O–H groups in total. The predicted molar refractivity (Wildman–Crippen MR) is 122 cm³/mol. The van der Waals surface area contributed by atoms with Crippen LogP contribution < -0.4 is 0 Å². The molecule has 166 valence electrons. The van der Waals surface area contributed by atoms with Gasteiger partial charge in [-0.15, -0.1) is 10.2 Å². The maximum atomic E-state index is 13.0. The van der Waals surface area contributed by atoms with Gasteiger partial charge in [0.15, 0.2) is 0 Å². The minimum Gasteiger partial charge on any atom is -0.411 e. The summed E-state index contributed by atoms with van der Waals surface area (Å²) in [6, 6.07) is 10.3. The number of hydrogen-bond donors (Lipinski definition) is 0. The van der Waals surface area contributed by atoms with Crippen LogP contribution in [0, 0.1) is 0 Å². The quantitative estimate of drug-likeness (QED) is 0.368. The van der Waals surface area contributed by atoms with Gasteiger partial charge in [-0.1, -0.05) is 35.9 Å². The second-order valence-electron chi connectivity index (χ2n) is 7.50. The summed E-state index contributed by atoms with van der Waals surface area (Å²) in [6.45, 7) is 1.12. The molecule has 4 aromatic rings. The molecular weight excluding hydrogens is 470 g/mol. The lowest BCUT2D eigenvalue weighted by Gasteiger charge is -2.25. The molecule has 8 nitrogen and oxygen atoms in total. The van der Waals surface area contributed by atoms with E-state index in [1.807, 2.05) is 16.7 Å². The van der Waals surface area contributed by atoms with E-state index in [0.717, 1.165) is 30.6 Å². The fourth-order valence-electron chi connectivity index (χ4n) is 3.65. The van der Waals surface area contributed by atoms with Crippen molar-refractivity contribution in [2.24, 2.45) is 0 Å². The molecular formula is C21H20ClN5O3S2. The normalized spacial score (nSPS) is 15.4. The van der Waals surface area contributed by atoms with Crippen molar-refractivity contribution in [2.75, 3.05) is 13.1 Å². The summed E-state index contributed by atoms with van der Waals surface area (Å²) < 4.78 is 35.1. The molecule has 0 spiro atoms. The average molecular weight is 490 g/mol. The lowest BCUT2D eigenvalue weighted by atomic mass is 10.2. The minimum atomic E-state index is -3.53. The van der Waals surface area contributed by atoms with E-state index in [9.17, 15) is 8.42 Å². The molecule has 1 aromatic carbocycles. The van der Waals surface area contributed by atoms with Crippen LogP contribution >= 0.6 is 23.4 Å². The third-order valence-corrected chi connectivity index (χ3v) is 8.22. The van der Waals surface area contributed by atoms with E-state index in [1.165, 1.54) is 11.8 Å². The molecule has 11 heteroatoms. The van der Waals surface area contributed by atoms with Crippen molar-refractivity contribution in [2.45, 2.75) is 35.1 Å². The maximum absolute atomic E-state index is 13.0. The lowest BCUT2D eigenvalue weighted by Crippen LogP contribution is -2.35. The van der Waals surface area contributed by atoms with E-state index in [2.05, 4.69) is 15.2 Å². The Morgan fingerprint density at radius 1 is 1.06 bits per heavy atom. The molecule has 0 saturated carbocycles. The van der Waals surface area contributed by atoms with Gasteiger partial charge in [-0.2, -0.15) is 4.31 Å². The largest absolute Gasteiger partial charge is 0.411 e. The van der Waals surface area contributed by atoms with Gasteiger partial charge in [0, 0.05) is 36.8 Å². The Labute approximate surface area is 194 Å². The van der Waals surface area contributed by atoms with Crippen LogP contribution in [-0.2, 0) is 15.8 Å². The smallest absolute Gasteiger partial charge is 0.277 e. The number of nitrogens with zero attached hydrogens (tertiary/aromatic N) is 5. The molecule has 5 rings (SSSR count). The zero-order valence-corrected chi connectivity index (χ0v) is 19.4. The number of thioether (sulfide) groups is 1. The summed E-state index contributed by atoms with van der Waals surface area (Å²) in [5.41, 5.74) is 2.24. The van der Waals surface area contributed by atoms with Crippen molar-refractivity contribution in [3.63, 3.8) is 0 Å².